The molecule has 6 nitrogen and oxygen atoms in total. The molecule has 2 heterocycles. The van der Waals surface area contributed by atoms with E-state index in [0.717, 1.165) is 22.5 Å². The van der Waals surface area contributed by atoms with Gasteiger partial charge in [0.2, 0.25) is 5.82 Å². The normalized spacial score (nSPS) is 11.0. The molecule has 0 unspecified atom stereocenters. The van der Waals surface area contributed by atoms with Crippen molar-refractivity contribution in [1.82, 2.24) is 30.0 Å². The zero-order valence-corrected chi connectivity index (χ0v) is 14.3. The molecule has 0 aliphatic rings. The summed E-state index contributed by atoms with van der Waals surface area (Å²) in [5.74, 6) is 0.588. The summed E-state index contributed by atoms with van der Waals surface area (Å²) in [5.41, 5.74) is 3.56. The van der Waals surface area contributed by atoms with Crippen molar-refractivity contribution in [3.63, 3.8) is 0 Å². The second-order valence-electron chi connectivity index (χ2n) is 5.61. The largest absolute Gasteiger partial charge is 0.222 e. The number of hydrogen-bond acceptors (Lipinski definition) is 4. The van der Waals surface area contributed by atoms with Gasteiger partial charge in [-0.25, -0.2) is 4.68 Å². The van der Waals surface area contributed by atoms with E-state index in [0.29, 0.717) is 17.5 Å². The van der Waals surface area contributed by atoms with Crippen LogP contribution in [0.3, 0.4) is 0 Å². The molecule has 0 saturated carbocycles. The van der Waals surface area contributed by atoms with Gasteiger partial charge in [0.15, 0.2) is 0 Å². The van der Waals surface area contributed by atoms with Crippen molar-refractivity contribution in [3.8, 4) is 17.1 Å². The minimum absolute atomic E-state index is 0.414. The zero-order chi connectivity index (χ0) is 17.2. The van der Waals surface area contributed by atoms with Gasteiger partial charge in [-0.1, -0.05) is 60.1 Å². The summed E-state index contributed by atoms with van der Waals surface area (Å²) in [6.45, 7) is 2.34. The predicted octanol–water partition coefficient (Wildman–Crippen LogP) is 3.54. The van der Waals surface area contributed by atoms with Gasteiger partial charge in [-0.2, -0.15) is 9.90 Å². The zero-order valence-electron chi connectivity index (χ0n) is 13.5. The van der Waals surface area contributed by atoms with Crippen molar-refractivity contribution in [2.75, 3.05) is 0 Å². The highest BCUT2D eigenvalue weighted by Crippen LogP contribution is 2.24. The topological polar surface area (TPSA) is 61.4 Å². The van der Waals surface area contributed by atoms with Gasteiger partial charge in [0.25, 0.3) is 0 Å². The number of nitrogens with zero attached hydrogens (tertiary/aromatic N) is 6. The number of aryl methyl sites for hydroxylation is 1. The fourth-order valence-corrected chi connectivity index (χ4v) is 2.94. The van der Waals surface area contributed by atoms with Crippen molar-refractivity contribution in [2.45, 2.75) is 13.5 Å². The quantitative estimate of drug-likeness (QED) is 0.565. The highest BCUT2D eigenvalue weighted by atomic mass is 35.5. The van der Waals surface area contributed by atoms with Crippen LogP contribution < -0.4 is 0 Å². The molecule has 0 radical (unpaired) electrons. The lowest BCUT2D eigenvalue weighted by Gasteiger charge is -2.03. The molecular formula is C18H15ClN6. The van der Waals surface area contributed by atoms with E-state index in [9.17, 15) is 0 Å². The molecule has 25 heavy (non-hydrogen) atoms. The molecular weight excluding hydrogens is 336 g/mol. The Balaban J connectivity index is 1.64. The molecule has 0 fully saturated rings. The van der Waals surface area contributed by atoms with Crippen molar-refractivity contribution in [2.24, 2.45) is 0 Å². The number of rotatable bonds is 4. The molecule has 0 amide bonds. The first-order valence-corrected chi connectivity index (χ1v) is 8.23. The monoisotopic (exact) mass is 350 g/mol. The Morgan fingerprint density at radius 2 is 1.60 bits per heavy atom. The highest BCUT2D eigenvalue weighted by Gasteiger charge is 2.16. The van der Waals surface area contributed by atoms with Gasteiger partial charge < -0.3 is 0 Å². The van der Waals surface area contributed by atoms with Gasteiger partial charge in [0, 0.05) is 11.1 Å². The number of halogens is 1. The summed E-state index contributed by atoms with van der Waals surface area (Å²) < 4.78 is 1.72. The van der Waals surface area contributed by atoms with Gasteiger partial charge in [-0.3, -0.25) is 0 Å². The third-order valence-electron chi connectivity index (χ3n) is 3.91. The van der Waals surface area contributed by atoms with Crippen molar-refractivity contribution in [1.29, 1.82) is 0 Å². The van der Waals surface area contributed by atoms with Crippen molar-refractivity contribution < 1.29 is 0 Å². The SMILES string of the molecule is Cc1nn(-c2ccccc2)c(Cl)c1Cn1nnc(-c2ccccc2)n1. The fourth-order valence-electron chi connectivity index (χ4n) is 2.61. The summed E-state index contributed by atoms with van der Waals surface area (Å²) in [4.78, 5) is 1.54. The van der Waals surface area contributed by atoms with Crippen LogP contribution in [-0.4, -0.2) is 30.0 Å². The Bertz CT molecular complexity index is 991. The Kier molecular flexibility index (Phi) is 4.03. The molecule has 4 aromatic rings. The Morgan fingerprint density at radius 1 is 0.920 bits per heavy atom. The van der Waals surface area contributed by atoms with E-state index in [1.165, 1.54) is 4.80 Å². The van der Waals surface area contributed by atoms with E-state index in [1.54, 1.807) is 4.68 Å². The van der Waals surface area contributed by atoms with E-state index < -0.39 is 0 Å². The summed E-state index contributed by atoms with van der Waals surface area (Å²) in [7, 11) is 0. The lowest BCUT2D eigenvalue weighted by molar-refractivity contribution is 0.571. The van der Waals surface area contributed by atoms with Gasteiger partial charge in [0.1, 0.15) is 5.15 Å². The maximum atomic E-state index is 6.55. The van der Waals surface area contributed by atoms with Crippen LogP contribution in [0.4, 0.5) is 0 Å². The molecule has 0 atom stereocenters. The molecule has 2 aromatic carbocycles. The van der Waals surface area contributed by atoms with Gasteiger partial charge in [-0.15, -0.1) is 10.2 Å². The fraction of sp³-hybridized carbons (Fsp3) is 0.111. The first-order valence-electron chi connectivity index (χ1n) is 7.85. The smallest absolute Gasteiger partial charge is 0.204 e. The second-order valence-corrected chi connectivity index (χ2v) is 5.97. The number of benzene rings is 2. The molecule has 0 saturated heterocycles. The molecule has 124 valence electrons. The maximum absolute atomic E-state index is 6.55. The van der Waals surface area contributed by atoms with Crippen LogP contribution in [0.1, 0.15) is 11.3 Å². The average molecular weight is 351 g/mol. The van der Waals surface area contributed by atoms with Crippen LogP contribution in [0.5, 0.6) is 0 Å². The minimum atomic E-state index is 0.414. The van der Waals surface area contributed by atoms with Crippen LogP contribution in [0, 0.1) is 6.92 Å². The lowest BCUT2D eigenvalue weighted by Crippen LogP contribution is -2.05. The summed E-state index contributed by atoms with van der Waals surface area (Å²) in [6.07, 6.45) is 0. The summed E-state index contributed by atoms with van der Waals surface area (Å²) in [5, 5.41) is 17.8. The molecule has 0 spiro atoms. The Morgan fingerprint density at radius 3 is 2.32 bits per heavy atom. The van der Waals surface area contributed by atoms with Gasteiger partial charge in [-0.05, 0) is 24.3 Å². The number of para-hydroxylation sites is 1. The van der Waals surface area contributed by atoms with Gasteiger partial charge in [0.05, 0.1) is 17.9 Å². The van der Waals surface area contributed by atoms with Crippen LogP contribution >= 0.6 is 11.6 Å². The lowest BCUT2D eigenvalue weighted by atomic mass is 10.2. The Labute approximate surface area is 149 Å². The number of tetrazole rings is 1. The standard InChI is InChI=1S/C18H15ClN6/c1-13-16(17(19)25(21-13)15-10-6-3-7-11-15)12-24-22-18(20-23-24)14-8-4-2-5-9-14/h2-11H,12H2,1H3. The van der Waals surface area contributed by atoms with Crippen LogP contribution in [0.2, 0.25) is 5.15 Å². The first kappa shape index (κ1) is 15.5. The molecule has 0 bridgehead atoms. The minimum Gasteiger partial charge on any atom is -0.222 e. The average Bonchev–Trinajstić information content (AvgIpc) is 3.23. The second kappa shape index (κ2) is 6.49. The van der Waals surface area contributed by atoms with Crippen LogP contribution in [-0.2, 0) is 6.54 Å². The first-order chi connectivity index (χ1) is 12.2. The van der Waals surface area contributed by atoms with E-state index in [1.807, 2.05) is 67.6 Å². The summed E-state index contributed by atoms with van der Waals surface area (Å²) in [6, 6.07) is 19.5. The molecule has 0 aliphatic heterocycles. The van der Waals surface area contributed by atoms with E-state index >= 15 is 0 Å². The molecule has 0 aliphatic carbocycles. The molecule has 7 heteroatoms. The van der Waals surface area contributed by atoms with Crippen LogP contribution in [0.25, 0.3) is 17.1 Å². The van der Waals surface area contributed by atoms with E-state index in [2.05, 4.69) is 20.5 Å². The maximum Gasteiger partial charge on any atom is 0.204 e. The van der Waals surface area contributed by atoms with Gasteiger partial charge >= 0.3 is 0 Å². The van der Waals surface area contributed by atoms with Crippen molar-refractivity contribution in [3.05, 3.63) is 77.1 Å². The van der Waals surface area contributed by atoms with E-state index in [-0.39, 0.29) is 0 Å². The third-order valence-corrected chi connectivity index (χ3v) is 4.30. The van der Waals surface area contributed by atoms with Crippen LogP contribution in [0.15, 0.2) is 60.7 Å². The number of hydrogen-bond donors (Lipinski definition) is 0. The third kappa shape index (κ3) is 3.04. The van der Waals surface area contributed by atoms with E-state index in [4.69, 9.17) is 11.6 Å². The number of aromatic nitrogens is 6. The van der Waals surface area contributed by atoms with Crippen molar-refractivity contribution >= 4 is 11.6 Å². The molecule has 4 rings (SSSR count). The Hall–Kier alpha value is -2.99. The highest BCUT2D eigenvalue weighted by molar-refractivity contribution is 6.30. The summed E-state index contributed by atoms with van der Waals surface area (Å²) >= 11 is 6.55. The predicted molar refractivity (Wildman–Crippen MR) is 95.7 cm³/mol. The molecule has 0 N–H and O–H groups in total. The molecule has 2 aromatic heterocycles.